The van der Waals surface area contributed by atoms with Crippen molar-refractivity contribution in [1.82, 2.24) is 5.32 Å². The van der Waals surface area contributed by atoms with Crippen molar-refractivity contribution in [3.63, 3.8) is 0 Å². The van der Waals surface area contributed by atoms with Crippen LogP contribution in [0.1, 0.15) is 24.1 Å². The van der Waals surface area contributed by atoms with Gasteiger partial charge in [0.05, 0.1) is 12.6 Å². The van der Waals surface area contributed by atoms with Crippen LogP contribution < -0.4 is 10.6 Å². The maximum atomic E-state index is 12.0. The Bertz CT molecular complexity index is 671. The highest BCUT2D eigenvalue weighted by Crippen LogP contribution is 2.13. The van der Waals surface area contributed by atoms with E-state index in [4.69, 9.17) is 0 Å². The number of benzene rings is 2. The van der Waals surface area contributed by atoms with E-state index < -0.39 is 17.9 Å². The van der Waals surface area contributed by atoms with Gasteiger partial charge >= 0.3 is 11.8 Å². The average Bonchev–Trinajstić information content (AvgIpc) is 2.60. The highest BCUT2D eigenvalue weighted by Gasteiger charge is 2.19. The number of nitrogens with one attached hydrogen (secondary N) is 2. The van der Waals surface area contributed by atoms with Crippen molar-refractivity contribution in [3.05, 3.63) is 65.7 Å². The highest BCUT2D eigenvalue weighted by molar-refractivity contribution is 6.39. The number of hydrogen-bond acceptors (Lipinski definition) is 3. The van der Waals surface area contributed by atoms with Crippen LogP contribution in [-0.4, -0.2) is 23.5 Å². The van der Waals surface area contributed by atoms with Gasteiger partial charge in [-0.25, -0.2) is 0 Å². The van der Waals surface area contributed by atoms with Crippen molar-refractivity contribution in [3.8, 4) is 0 Å². The van der Waals surface area contributed by atoms with Gasteiger partial charge in [0.25, 0.3) is 0 Å². The second-order valence-electron chi connectivity index (χ2n) is 5.13. The van der Waals surface area contributed by atoms with Gasteiger partial charge in [-0.1, -0.05) is 49.4 Å². The molecule has 0 saturated heterocycles. The average molecular weight is 312 g/mol. The monoisotopic (exact) mass is 312 g/mol. The quantitative estimate of drug-likeness (QED) is 0.739. The largest absolute Gasteiger partial charge is 0.394 e. The molecule has 0 spiro atoms. The van der Waals surface area contributed by atoms with E-state index in [9.17, 15) is 14.7 Å². The zero-order chi connectivity index (χ0) is 16.7. The van der Waals surface area contributed by atoms with Gasteiger partial charge in [-0.05, 0) is 29.7 Å². The topological polar surface area (TPSA) is 78.4 Å². The van der Waals surface area contributed by atoms with Crippen LogP contribution in [-0.2, 0) is 16.0 Å². The van der Waals surface area contributed by atoms with Crippen LogP contribution in [0.2, 0.25) is 0 Å². The van der Waals surface area contributed by atoms with E-state index in [-0.39, 0.29) is 6.61 Å². The molecule has 0 fully saturated rings. The van der Waals surface area contributed by atoms with Gasteiger partial charge in [0.1, 0.15) is 0 Å². The molecule has 23 heavy (non-hydrogen) atoms. The van der Waals surface area contributed by atoms with Crippen LogP contribution in [0.15, 0.2) is 54.6 Å². The smallest absolute Gasteiger partial charge is 0.313 e. The van der Waals surface area contributed by atoms with Crippen molar-refractivity contribution >= 4 is 17.5 Å². The number of amides is 2. The summed E-state index contributed by atoms with van der Waals surface area (Å²) in [4.78, 5) is 24.0. The van der Waals surface area contributed by atoms with Gasteiger partial charge in [0.2, 0.25) is 0 Å². The number of carbonyl (C=O) groups excluding carboxylic acids is 2. The maximum absolute atomic E-state index is 12.0. The van der Waals surface area contributed by atoms with Crippen LogP contribution >= 0.6 is 0 Å². The highest BCUT2D eigenvalue weighted by atomic mass is 16.3. The van der Waals surface area contributed by atoms with E-state index in [1.165, 1.54) is 0 Å². The Morgan fingerprint density at radius 1 is 1.04 bits per heavy atom. The Balaban J connectivity index is 2.00. The van der Waals surface area contributed by atoms with Gasteiger partial charge in [0.15, 0.2) is 0 Å². The predicted molar refractivity (Wildman–Crippen MR) is 88.9 cm³/mol. The minimum Gasteiger partial charge on any atom is -0.394 e. The van der Waals surface area contributed by atoms with Crippen LogP contribution in [0.25, 0.3) is 0 Å². The molecular weight excluding hydrogens is 292 g/mol. The van der Waals surface area contributed by atoms with E-state index >= 15 is 0 Å². The molecule has 1 atom stereocenters. The third-order valence-electron chi connectivity index (χ3n) is 3.49. The predicted octanol–water partition coefficient (Wildman–Crippen LogP) is 2.04. The molecule has 0 aliphatic rings. The molecule has 2 amide bonds. The molecule has 5 heteroatoms. The Morgan fingerprint density at radius 2 is 1.78 bits per heavy atom. The molecule has 0 aliphatic heterocycles. The Hall–Kier alpha value is -2.66. The normalized spacial score (nSPS) is 11.6. The van der Waals surface area contributed by atoms with Crippen LogP contribution in [0.4, 0.5) is 5.69 Å². The summed E-state index contributed by atoms with van der Waals surface area (Å²) in [7, 11) is 0. The summed E-state index contributed by atoms with van der Waals surface area (Å²) in [5, 5.41) is 14.5. The fraction of sp³-hybridized carbons (Fsp3) is 0.222. The molecule has 0 aromatic heterocycles. The molecule has 0 bridgehead atoms. The van der Waals surface area contributed by atoms with Gasteiger partial charge in [-0.15, -0.1) is 0 Å². The van der Waals surface area contributed by atoms with Crippen molar-refractivity contribution < 1.29 is 14.7 Å². The summed E-state index contributed by atoms with van der Waals surface area (Å²) in [5.74, 6) is -1.54. The Morgan fingerprint density at radius 3 is 2.43 bits per heavy atom. The van der Waals surface area contributed by atoms with E-state index in [0.29, 0.717) is 5.69 Å². The first-order valence-corrected chi connectivity index (χ1v) is 7.50. The second-order valence-corrected chi connectivity index (χ2v) is 5.13. The molecule has 0 saturated carbocycles. The molecule has 0 radical (unpaired) electrons. The minimum atomic E-state index is -0.783. The van der Waals surface area contributed by atoms with Crippen molar-refractivity contribution in [2.75, 3.05) is 11.9 Å². The lowest BCUT2D eigenvalue weighted by Crippen LogP contribution is -2.39. The molecule has 2 rings (SSSR count). The molecule has 2 aromatic rings. The van der Waals surface area contributed by atoms with Crippen molar-refractivity contribution in [1.29, 1.82) is 0 Å². The standard InChI is InChI=1S/C18H20N2O3/c1-2-13-7-6-10-15(11-13)19-17(22)18(23)20-16(12-21)14-8-4-3-5-9-14/h3-11,16,21H,2,12H2,1H3,(H,19,22)(H,20,23)/t16-/m1/s1. The summed E-state index contributed by atoms with van der Waals surface area (Å²) < 4.78 is 0. The zero-order valence-electron chi connectivity index (χ0n) is 13.0. The number of anilines is 1. The van der Waals surface area contributed by atoms with E-state index in [2.05, 4.69) is 10.6 Å². The minimum absolute atomic E-state index is 0.283. The number of rotatable bonds is 5. The molecule has 120 valence electrons. The fourth-order valence-electron chi connectivity index (χ4n) is 2.20. The van der Waals surface area contributed by atoms with Crippen molar-refractivity contribution in [2.24, 2.45) is 0 Å². The van der Waals surface area contributed by atoms with Gasteiger partial charge in [0, 0.05) is 5.69 Å². The Kier molecular flexibility index (Phi) is 5.88. The second kappa shape index (κ2) is 8.10. The first kappa shape index (κ1) is 16.7. The summed E-state index contributed by atoms with van der Waals surface area (Å²) >= 11 is 0. The summed E-state index contributed by atoms with van der Waals surface area (Å²) in [5.41, 5.74) is 2.38. The first-order chi connectivity index (χ1) is 11.1. The lowest BCUT2D eigenvalue weighted by atomic mass is 10.1. The number of aryl methyl sites for hydroxylation is 1. The third-order valence-corrected chi connectivity index (χ3v) is 3.49. The molecule has 0 heterocycles. The SMILES string of the molecule is CCc1cccc(NC(=O)C(=O)N[C@H](CO)c2ccccc2)c1. The fourth-order valence-corrected chi connectivity index (χ4v) is 2.20. The molecular formula is C18H20N2O3. The molecule has 5 nitrogen and oxygen atoms in total. The van der Waals surface area contributed by atoms with Crippen LogP contribution in [0, 0.1) is 0 Å². The summed E-state index contributed by atoms with van der Waals surface area (Å²) in [6.07, 6.45) is 0.844. The number of aliphatic hydroxyl groups is 1. The third kappa shape index (κ3) is 4.66. The number of aliphatic hydroxyl groups excluding tert-OH is 1. The van der Waals surface area contributed by atoms with Gasteiger partial charge < -0.3 is 15.7 Å². The molecule has 0 aliphatic carbocycles. The van der Waals surface area contributed by atoms with Gasteiger partial charge in [-0.2, -0.15) is 0 Å². The van der Waals surface area contributed by atoms with Crippen molar-refractivity contribution in [2.45, 2.75) is 19.4 Å². The molecule has 2 aromatic carbocycles. The van der Waals surface area contributed by atoms with E-state index in [0.717, 1.165) is 17.5 Å². The van der Waals surface area contributed by atoms with E-state index in [1.807, 2.05) is 31.2 Å². The van der Waals surface area contributed by atoms with Crippen LogP contribution in [0.3, 0.4) is 0 Å². The maximum Gasteiger partial charge on any atom is 0.313 e. The molecule has 3 N–H and O–H groups in total. The van der Waals surface area contributed by atoms with E-state index in [1.54, 1.807) is 30.3 Å². The molecule has 0 unspecified atom stereocenters. The zero-order valence-corrected chi connectivity index (χ0v) is 13.0. The number of carbonyl (C=O) groups is 2. The lowest BCUT2D eigenvalue weighted by Gasteiger charge is -2.16. The Labute approximate surface area is 135 Å². The first-order valence-electron chi connectivity index (χ1n) is 7.50. The van der Waals surface area contributed by atoms with Crippen LogP contribution in [0.5, 0.6) is 0 Å². The van der Waals surface area contributed by atoms with Gasteiger partial charge in [-0.3, -0.25) is 9.59 Å². The lowest BCUT2D eigenvalue weighted by molar-refractivity contribution is -0.136. The summed E-state index contributed by atoms with van der Waals surface area (Å²) in [6.45, 7) is 1.73. The number of hydrogen-bond donors (Lipinski definition) is 3. The summed E-state index contributed by atoms with van der Waals surface area (Å²) in [6, 6.07) is 15.7.